The molecular formula is C17H17I2N3O. The number of phenols is 1. The summed E-state index contributed by atoms with van der Waals surface area (Å²) in [5, 5.41) is 13.2. The van der Waals surface area contributed by atoms with Crippen molar-refractivity contribution in [2.45, 2.75) is 0 Å². The third-order valence-corrected chi connectivity index (χ3v) is 5.38. The summed E-state index contributed by atoms with van der Waals surface area (Å²) < 4.78 is 1.68. The first-order valence-electron chi connectivity index (χ1n) is 7.41. The Morgan fingerprint density at radius 1 is 1.04 bits per heavy atom. The average molecular weight is 533 g/mol. The Kier molecular flexibility index (Phi) is 5.76. The van der Waals surface area contributed by atoms with Gasteiger partial charge in [-0.25, -0.2) is 0 Å². The van der Waals surface area contributed by atoms with Crippen LogP contribution in [0.5, 0.6) is 5.75 Å². The standard InChI is InChI=1S/C17H17I2N3O/c18-15-9-12(10-16(19)17(15)23)11-21-13-1-3-14(4-2-13)22-7-5-20-6-8-22/h1-4,9-11,20,23H,5-8H2. The van der Waals surface area contributed by atoms with Crippen LogP contribution in [0.25, 0.3) is 0 Å². The second-order valence-corrected chi connectivity index (χ2v) is 7.67. The maximum Gasteiger partial charge on any atom is 0.142 e. The van der Waals surface area contributed by atoms with Gasteiger partial charge in [0.1, 0.15) is 5.75 Å². The highest BCUT2D eigenvalue weighted by Crippen LogP contribution is 2.27. The summed E-state index contributed by atoms with van der Waals surface area (Å²) in [6.45, 7) is 4.18. The molecule has 2 N–H and O–H groups in total. The summed E-state index contributed by atoms with van der Waals surface area (Å²) in [5.41, 5.74) is 3.17. The van der Waals surface area contributed by atoms with Gasteiger partial charge in [0.25, 0.3) is 0 Å². The number of anilines is 1. The molecule has 1 heterocycles. The Morgan fingerprint density at radius 2 is 1.65 bits per heavy atom. The third-order valence-electron chi connectivity index (χ3n) is 3.73. The van der Waals surface area contributed by atoms with Gasteiger partial charge in [-0.2, -0.15) is 0 Å². The highest BCUT2D eigenvalue weighted by atomic mass is 127. The van der Waals surface area contributed by atoms with Crippen LogP contribution in [0.2, 0.25) is 0 Å². The van der Waals surface area contributed by atoms with Crippen LogP contribution in [-0.4, -0.2) is 37.5 Å². The fraction of sp³-hybridized carbons (Fsp3) is 0.235. The summed E-state index contributed by atoms with van der Waals surface area (Å²) in [6.07, 6.45) is 1.84. The van der Waals surface area contributed by atoms with Gasteiger partial charge in [-0.15, -0.1) is 0 Å². The largest absolute Gasteiger partial charge is 0.506 e. The van der Waals surface area contributed by atoms with Crippen molar-refractivity contribution >= 4 is 62.8 Å². The lowest BCUT2D eigenvalue weighted by Crippen LogP contribution is -2.43. The van der Waals surface area contributed by atoms with E-state index in [4.69, 9.17) is 0 Å². The molecule has 0 saturated carbocycles. The van der Waals surface area contributed by atoms with Gasteiger partial charge < -0.3 is 15.3 Å². The number of aliphatic imine (C=N–C) groups is 1. The number of halogens is 2. The maximum atomic E-state index is 9.80. The zero-order chi connectivity index (χ0) is 16.2. The van der Waals surface area contributed by atoms with Crippen LogP contribution in [0, 0.1) is 7.14 Å². The Balaban J connectivity index is 1.72. The first kappa shape index (κ1) is 17.0. The fourth-order valence-electron chi connectivity index (χ4n) is 2.48. The van der Waals surface area contributed by atoms with Gasteiger partial charge in [0.15, 0.2) is 0 Å². The SMILES string of the molecule is Oc1c(I)cc(C=Nc2ccc(N3CCNCC3)cc2)cc1I. The summed E-state index contributed by atoms with van der Waals surface area (Å²) >= 11 is 4.26. The first-order valence-corrected chi connectivity index (χ1v) is 9.57. The summed E-state index contributed by atoms with van der Waals surface area (Å²) in [5.74, 6) is 0.337. The van der Waals surface area contributed by atoms with Crippen LogP contribution in [0.15, 0.2) is 41.4 Å². The minimum atomic E-state index is 0.337. The average Bonchev–Trinajstić information content (AvgIpc) is 2.59. The number of aromatic hydroxyl groups is 1. The van der Waals surface area contributed by atoms with E-state index in [1.165, 1.54) is 5.69 Å². The minimum absolute atomic E-state index is 0.337. The van der Waals surface area contributed by atoms with Crippen molar-refractivity contribution in [3.05, 3.63) is 49.1 Å². The molecule has 2 aromatic carbocycles. The van der Waals surface area contributed by atoms with Crippen LogP contribution in [0.4, 0.5) is 11.4 Å². The molecule has 23 heavy (non-hydrogen) atoms. The second kappa shape index (κ2) is 7.80. The molecule has 6 heteroatoms. The van der Waals surface area contributed by atoms with E-state index in [0.717, 1.165) is 44.6 Å². The van der Waals surface area contributed by atoms with Gasteiger partial charge >= 0.3 is 0 Å². The number of hydrogen-bond acceptors (Lipinski definition) is 4. The van der Waals surface area contributed by atoms with Crippen molar-refractivity contribution in [1.82, 2.24) is 5.32 Å². The zero-order valence-corrected chi connectivity index (χ0v) is 16.8. The third kappa shape index (κ3) is 4.36. The molecule has 0 aliphatic carbocycles. The molecule has 0 amide bonds. The molecule has 0 aromatic heterocycles. The second-order valence-electron chi connectivity index (χ2n) is 5.34. The van der Waals surface area contributed by atoms with E-state index in [9.17, 15) is 5.11 Å². The van der Waals surface area contributed by atoms with Gasteiger partial charge in [-0.05, 0) is 87.1 Å². The number of nitrogens with zero attached hydrogens (tertiary/aromatic N) is 2. The van der Waals surface area contributed by atoms with E-state index in [1.54, 1.807) is 0 Å². The van der Waals surface area contributed by atoms with Crippen LogP contribution < -0.4 is 10.2 Å². The maximum absolute atomic E-state index is 9.80. The van der Waals surface area contributed by atoms with E-state index in [1.807, 2.05) is 30.5 Å². The van der Waals surface area contributed by atoms with Gasteiger partial charge in [0.05, 0.1) is 12.8 Å². The number of rotatable bonds is 3. The molecule has 1 aliphatic rings. The van der Waals surface area contributed by atoms with Gasteiger partial charge in [0, 0.05) is 38.1 Å². The summed E-state index contributed by atoms with van der Waals surface area (Å²) in [6, 6.07) is 12.2. The predicted molar refractivity (Wildman–Crippen MR) is 112 cm³/mol. The Morgan fingerprint density at radius 3 is 2.26 bits per heavy atom. The van der Waals surface area contributed by atoms with Crippen LogP contribution in [0.3, 0.4) is 0 Å². The number of phenolic OH excluding ortho intramolecular Hbond substituents is 1. The monoisotopic (exact) mass is 533 g/mol. The van der Waals surface area contributed by atoms with E-state index >= 15 is 0 Å². The minimum Gasteiger partial charge on any atom is -0.506 e. The van der Waals surface area contributed by atoms with E-state index in [2.05, 4.69) is 72.5 Å². The highest BCUT2D eigenvalue weighted by Gasteiger charge is 2.09. The molecule has 2 aromatic rings. The van der Waals surface area contributed by atoms with Crippen molar-refractivity contribution in [3.63, 3.8) is 0 Å². The van der Waals surface area contributed by atoms with Crippen molar-refractivity contribution in [2.75, 3.05) is 31.1 Å². The molecule has 1 aliphatic heterocycles. The highest BCUT2D eigenvalue weighted by molar-refractivity contribution is 14.1. The number of piperazine rings is 1. The van der Waals surface area contributed by atoms with Crippen molar-refractivity contribution in [3.8, 4) is 5.75 Å². The van der Waals surface area contributed by atoms with Crippen molar-refractivity contribution < 1.29 is 5.11 Å². The van der Waals surface area contributed by atoms with Crippen LogP contribution in [-0.2, 0) is 0 Å². The Hall–Kier alpha value is -0.870. The van der Waals surface area contributed by atoms with Crippen LogP contribution in [0.1, 0.15) is 5.56 Å². The molecule has 0 spiro atoms. The number of nitrogens with one attached hydrogen (secondary N) is 1. The smallest absolute Gasteiger partial charge is 0.142 e. The quantitative estimate of drug-likeness (QED) is 0.467. The Bertz CT molecular complexity index is 687. The van der Waals surface area contributed by atoms with Gasteiger partial charge in [-0.3, -0.25) is 4.99 Å². The lowest BCUT2D eigenvalue weighted by Gasteiger charge is -2.29. The Labute approximate surface area is 163 Å². The molecular weight excluding hydrogens is 516 g/mol. The lowest BCUT2D eigenvalue weighted by molar-refractivity contribution is 0.467. The van der Waals surface area contributed by atoms with E-state index in [-0.39, 0.29) is 0 Å². The van der Waals surface area contributed by atoms with Gasteiger partial charge in [0.2, 0.25) is 0 Å². The molecule has 0 atom stereocenters. The number of hydrogen-bond donors (Lipinski definition) is 2. The lowest BCUT2D eigenvalue weighted by atomic mass is 10.2. The molecule has 4 nitrogen and oxygen atoms in total. The molecule has 1 saturated heterocycles. The van der Waals surface area contributed by atoms with Crippen LogP contribution >= 0.6 is 45.2 Å². The van der Waals surface area contributed by atoms with Crippen molar-refractivity contribution in [1.29, 1.82) is 0 Å². The summed E-state index contributed by atoms with van der Waals surface area (Å²) in [4.78, 5) is 6.91. The molecule has 0 unspecified atom stereocenters. The number of benzene rings is 2. The summed E-state index contributed by atoms with van der Waals surface area (Å²) in [7, 11) is 0. The molecule has 3 rings (SSSR count). The molecule has 0 bridgehead atoms. The van der Waals surface area contributed by atoms with Gasteiger partial charge in [-0.1, -0.05) is 0 Å². The predicted octanol–water partition coefficient (Wildman–Crippen LogP) is 3.76. The topological polar surface area (TPSA) is 47.9 Å². The fourth-order valence-corrected chi connectivity index (χ4v) is 4.30. The first-order chi connectivity index (χ1) is 11.1. The van der Waals surface area contributed by atoms with Crippen molar-refractivity contribution in [2.24, 2.45) is 4.99 Å². The molecule has 0 radical (unpaired) electrons. The molecule has 120 valence electrons. The normalized spacial score (nSPS) is 15.3. The van der Waals surface area contributed by atoms with E-state index < -0.39 is 0 Å². The molecule has 1 fully saturated rings. The van der Waals surface area contributed by atoms with E-state index in [0.29, 0.717) is 5.75 Å². The zero-order valence-electron chi connectivity index (χ0n) is 12.5.